The van der Waals surface area contributed by atoms with Gasteiger partial charge in [0.05, 0.1) is 5.69 Å². The Labute approximate surface area is 148 Å². The molecule has 1 nitrogen and oxygen atoms in total. The lowest BCUT2D eigenvalue weighted by Gasteiger charge is -2.20. The predicted molar refractivity (Wildman–Crippen MR) is 104 cm³/mol. The summed E-state index contributed by atoms with van der Waals surface area (Å²) in [6, 6.07) is 32.6. The zero-order valence-electron chi connectivity index (χ0n) is 14.0. The molecule has 25 heavy (non-hydrogen) atoms. The molecule has 0 bridgehead atoms. The molecule has 0 unspecified atom stereocenters. The number of para-hydroxylation sites is 1. The summed E-state index contributed by atoms with van der Waals surface area (Å²) in [5.74, 6) is 0. The van der Waals surface area contributed by atoms with Gasteiger partial charge in [-0.05, 0) is 47.7 Å². The van der Waals surface area contributed by atoms with Gasteiger partial charge in [0, 0.05) is 16.9 Å². The highest BCUT2D eigenvalue weighted by Crippen LogP contribution is 2.40. The lowest BCUT2D eigenvalue weighted by atomic mass is 9.90. The summed E-state index contributed by atoms with van der Waals surface area (Å²) in [5.41, 5.74) is 9.41. The van der Waals surface area contributed by atoms with Crippen molar-refractivity contribution in [1.82, 2.24) is 4.57 Å². The number of nitrogens with zero attached hydrogens (tertiary/aromatic N) is 1. The predicted octanol–water partition coefficient (Wildman–Crippen LogP) is 5.91. The lowest BCUT2D eigenvalue weighted by molar-refractivity contribution is 0.857. The zero-order chi connectivity index (χ0) is 16.6. The first-order valence-corrected chi connectivity index (χ1v) is 8.85. The Kier molecular flexibility index (Phi) is 3.31. The average molecular weight is 321 g/mol. The SMILES string of the molecule is c1ccc(-c2cc3c(n2-c2ccccc2)CCc2ccccc2-3)cc1. The van der Waals surface area contributed by atoms with Crippen LogP contribution in [0, 0.1) is 0 Å². The first-order chi connectivity index (χ1) is 12.4. The molecule has 0 fully saturated rings. The third kappa shape index (κ3) is 2.32. The highest BCUT2D eigenvalue weighted by molar-refractivity contribution is 5.80. The molecule has 0 amide bonds. The molecule has 3 aromatic carbocycles. The molecule has 0 spiro atoms. The van der Waals surface area contributed by atoms with Gasteiger partial charge in [-0.25, -0.2) is 0 Å². The Hall–Kier alpha value is -3.06. The molecule has 0 aliphatic heterocycles. The molecule has 0 N–H and O–H groups in total. The van der Waals surface area contributed by atoms with E-state index in [1.165, 1.54) is 39.3 Å². The second-order valence-corrected chi connectivity index (χ2v) is 6.58. The van der Waals surface area contributed by atoms with E-state index >= 15 is 0 Å². The monoisotopic (exact) mass is 321 g/mol. The van der Waals surface area contributed by atoms with Gasteiger partial charge in [0.25, 0.3) is 0 Å². The van der Waals surface area contributed by atoms with Crippen molar-refractivity contribution in [2.24, 2.45) is 0 Å². The minimum absolute atomic E-state index is 1.08. The molecule has 0 saturated carbocycles. The molecule has 5 rings (SSSR count). The smallest absolute Gasteiger partial charge is 0.0537 e. The third-order valence-corrected chi connectivity index (χ3v) is 5.13. The summed E-state index contributed by atoms with van der Waals surface area (Å²) >= 11 is 0. The van der Waals surface area contributed by atoms with Crippen molar-refractivity contribution in [3.63, 3.8) is 0 Å². The number of benzene rings is 3. The normalized spacial score (nSPS) is 12.5. The lowest BCUT2D eigenvalue weighted by Crippen LogP contribution is -2.08. The fourth-order valence-corrected chi connectivity index (χ4v) is 3.98. The summed E-state index contributed by atoms with van der Waals surface area (Å²) in [7, 11) is 0. The molecular formula is C24H19N. The summed E-state index contributed by atoms with van der Waals surface area (Å²) in [6.45, 7) is 0. The van der Waals surface area contributed by atoms with Gasteiger partial charge in [-0.15, -0.1) is 0 Å². The largest absolute Gasteiger partial charge is 0.313 e. The quantitative estimate of drug-likeness (QED) is 0.432. The van der Waals surface area contributed by atoms with Crippen LogP contribution in [0.15, 0.2) is 91.0 Å². The second kappa shape index (κ2) is 5.78. The minimum Gasteiger partial charge on any atom is -0.313 e. The van der Waals surface area contributed by atoms with Crippen molar-refractivity contribution < 1.29 is 0 Å². The van der Waals surface area contributed by atoms with Crippen molar-refractivity contribution in [2.75, 3.05) is 0 Å². The van der Waals surface area contributed by atoms with Crippen molar-refractivity contribution in [3.05, 3.63) is 102 Å². The molecule has 1 aliphatic rings. The summed E-state index contributed by atoms with van der Waals surface area (Å²) in [4.78, 5) is 0. The van der Waals surface area contributed by atoms with E-state index in [1.807, 2.05) is 0 Å². The van der Waals surface area contributed by atoms with Crippen LogP contribution in [-0.2, 0) is 12.8 Å². The van der Waals surface area contributed by atoms with E-state index in [2.05, 4.69) is 95.6 Å². The molecule has 1 heteroatoms. The van der Waals surface area contributed by atoms with E-state index in [0.29, 0.717) is 0 Å². The van der Waals surface area contributed by atoms with E-state index in [-0.39, 0.29) is 0 Å². The van der Waals surface area contributed by atoms with Gasteiger partial charge in [-0.2, -0.15) is 0 Å². The third-order valence-electron chi connectivity index (χ3n) is 5.13. The van der Waals surface area contributed by atoms with E-state index in [1.54, 1.807) is 0 Å². The first kappa shape index (κ1) is 14.3. The van der Waals surface area contributed by atoms with Gasteiger partial charge >= 0.3 is 0 Å². The zero-order valence-corrected chi connectivity index (χ0v) is 14.0. The van der Waals surface area contributed by atoms with Crippen LogP contribution in [0.25, 0.3) is 28.1 Å². The van der Waals surface area contributed by atoms with Gasteiger partial charge in [0.1, 0.15) is 0 Å². The van der Waals surface area contributed by atoms with E-state index in [4.69, 9.17) is 0 Å². The fraction of sp³-hybridized carbons (Fsp3) is 0.0833. The standard InChI is InChI=1S/C24H19N/c1-3-10-19(11-4-1)24-17-22-21-14-8-7-9-18(21)15-16-23(22)25(24)20-12-5-2-6-13-20/h1-14,17H,15-16H2. The van der Waals surface area contributed by atoms with E-state index < -0.39 is 0 Å². The molecule has 0 radical (unpaired) electrons. The number of rotatable bonds is 2. The minimum atomic E-state index is 1.08. The number of hydrogen-bond acceptors (Lipinski definition) is 0. The van der Waals surface area contributed by atoms with E-state index in [0.717, 1.165) is 12.8 Å². The van der Waals surface area contributed by atoms with Crippen LogP contribution in [0.3, 0.4) is 0 Å². The number of fused-ring (bicyclic) bond motifs is 3. The molecule has 1 aliphatic carbocycles. The van der Waals surface area contributed by atoms with Crippen molar-refractivity contribution in [1.29, 1.82) is 0 Å². The molecule has 4 aromatic rings. The number of aryl methyl sites for hydroxylation is 1. The van der Waals surface area contributed by atoms with Gasteiger partial charge < -0.3 is 4.57 Å². The molecule has 120 valence electrons. The molecule has 1 aromatic heterocycles. The van der Waals surface area contributed by atoms with Crippen LogP contribution in [0.2, 0.25) is 0 Å². The van der Waals surface area contributed by atoms with Gasteiger partial charge in [-0.1, -0.05) is 72.8 Å². The highest BCUT2D eigenvalue weighted by Gasteiger charge is 2.23. The Morgan fingerprint density at radius 3 is 2.08 bits per heavy atom. The average Bonchev–Trinajstić information content (AvgIpc) is 3.09. The Morgan fingerprint density at radius 2 is 1.28 bits per heavy atom. The summed E-state index contributed by atoms with van der Waals surface area (Å²) < 4.78 is 2.45. The number of aromatic nitrogens is 1. The maximum absolute atomic E-state index is 2.45. The van der Waals surface area contributed by atoms with Crippen molar-refractivity contribution in [2.45, 2.75) is 12.8 Å². The molecular weight excluding hydrogens is 302 g/mol. The van der Waals surface area contributed by atoms with Crippen LogP contribution in [0.1, 0.15) is 11.3 Å². The molecule has 0 saturated heterocycles. The van der Waals surface area contributed by atoms with Crippen molar-refractivity contribution in [3.8, 4) is 28.1 Å². The highest BCUT2D eigenvalue weighted by atomic mass is 15.0. The number of hydrogen-bond donors (Lipinski definition) is 0. The van der Waals surface area contributed by atoms with Crippen LogP contribution >= 0.6 is 0 Å². The first-order valence-electron chi connectivity index (χ1n) is 8.85. The molecule has 0 atom stereocenters. The maximum atomic E-state index is 2.45. The van der Waals surface area contributed by atoms with Crippen LogP contribution in [0.4, 0.5) is 0 Å². The second-order valence-electron chi connectivity index (χ2n) is 6.58. The summed E-state index contributed by atoms with van der Waals surface area (Å²) in [5, 5.41) is 0. The Morgan fingerprint density at radius 1 is 0.600 bits per heavy atom. The fourth-order valence-electron chi connectivity index (χ4n) is 3.98. The topological polar surface area (TPSA) is 4.93 Å². The van der Waals surface area contributed by atoms with Crippen LogP contribution < -0.4 is 0 Å². The summed E-state index contributed by atoms with van der Waals surface area (Å²) in [6.07, 6.45) is 2.18. The van der Waals surface area contributed by atoms with E-state index in [9.17, 15) is 0 Å². The molecule has 1 heterocycles. The van der Waals surface area contributed by atoms with Gasteiger partial charge in [0.15, 0.2) is 0 Å². The van der Waals surface area contributed by atoms with Crippen LogP contribution in [0.5, 0.6) is 0 Å². The van der Waals surface area contributed by atoms with Crippen molar-refractivity contribution >= 4 is 0 Å². The van der Waals surface area contributed by atoms with Gasteiger partial charge in [0.2, 0.25) is 0 Å². The Bertz CT molecular complexity index is 1030. The Balaban J connectivity index is 1.82. The maximum Gasteiger partial charge on any atom is 0.0537 e. The van der Waals surface area contributed by atoms with Gasteiger partial charge in [-0.3, -0.25) is 0 Å². The van der Waals surface area contributed by atoms with Crippen LogP contribution in [-0.4, -0.2) is 4.57 Å².